The van der Waals surface area contributed by atoms with Crippen LogP contribution in [0.2, 0.25) is 5.02 Å². The number of rotatable bonds is 3. The van der Waals surface area contributed by atoms with Crippen LogP contribution >= 0.6 is 43.5 Å². The first-order valence-electron chi connectivity index (χ1n) is 5.64. The van der Waals surface area contributed by atoms with Gasteiger partial charge in [-0.05, 0) is 68.6 Å². The Kier molecular flexibility index (Phi) is 4.87. The van der Waals surface area contributed by atoms with Crippen molar-refractivity contribution in [3.63, 3.8) is 0 Å². The van der Waals surface area contributed by atoms with Crippen molar-refractivity contribution in [2.75, 3.05) is 5.32 Å². The lowest BCUT2D eigenvalue weighted by atomic mass is 10.1. The second-order valence-electron chi connectivity index (χ2n) is 4.14. The highest BCUT2D eigenvalue weighted by Crippen LogP contribution is 2.32. The maximum atomic E-state index is 13.2. The molecule has 0 aliphatic carbocycles. The van der Waals surface area contributed by atoms with E-state index in [1.807, 2.05) is 25.1 Å². The molecule has 0 bridgehead atoms. The first-order valence-corrected chi connectivity index (χ1v) is 7.61. The first-order chi connectivity index (χ1) is 8.99. The predicted octanol–water partition coefficient (Wildman–Crippen LogP) is 6.18. The summed E-state index contributed by atoms with van der Waals surface area (Å²) < 4.78 is 14.5. The smallest absolute Gasteiger partial charge is 0.137 e. The van der Waals surface area contributed by atoms with Crippen LogP contribution in [0.15, 0.2) is 45.3 Å². The van der Waals surface area contributed by atoms with Gasteiger partial charge in [-0.1, -0.05) is 23.7 Å². The molecule has 2 aromatic carbocycles. The Morgan fingerprint density at radius 2 is 1.95 bits per heavy atom. The summed E-state index contributed by atoms with van der Waals surface area (Å²) in [4.78, 5) is 0. The highest BCUT2D eigenvalue weighted by atomic mass is 79.9. The summed E-state index contributed by atoms with van der Waals surface area (Å²) in [7, 11) is 0. The van der Waals surface area contributed by atoms with Crippen molar-refractivity contribution in [1.29, 1.82) is 0 Å². The minimum Gasteiger partial charge on any atom is -0.378 e. The van der Waals surface area contributed by atoms with Gasteiger partial charge in [0.05, 0.1) is 19.7 Å². The van der Waals surface area contributed by atoms with E-state index in [1.54, 1.807) is 12.1 Å². The van der Waals surface area contributed by atoms with Crippen LogP contribution < -0.4 is 5.32 Å². The second-order valence-corrected chi connectivity index (χ2v) is 6.20. The van der Waals surface area contributed by atoms with Crippen LogP contribution in [0.3, 0.4) is 0 Å². The fraction of sp³-hybridized carbons (Fsp3) is 0.143. The molecule has 1 atom stereocenters. The first kappa shape index (κ1) is 14.8. The van der Waals surface area contributed by atoms with E-state index in [4.69, 9.17) is 11.6 Å². The highest BCUT2D eigenvalue weighted by molar-refractivity contribution is 9.11. The molecule has 1 unspecified atom stereocenters. The number of anilines is 1. The van der Waals surface area contributed by atoms with Gasteiger partial charge in [0.1, 0.15) is 5.82 Å². The number of nitrogens with one attached hydrogen (secondary N) is 1. The summed E-state index contributed by atoms with van der Waals surface area (Å²) >= 11 is 12.7. The van der Waals surface area contributed by atoms with Gasteiger partial charge in [-0.25, -0.2) is 4.39 Å². The zero-order chi connectivity index (χ0) is 14.0. The molecule has 0 radical (unpaired) electrons. The third kappa shape index (κ3) is 3.50. The maximum Gasteiger partial charge on any atom is 0.137 e. The molecule has 0 fully saturated rings. The van der Waals surface area contributed by atoms with Crippen LogP contribution in [0.5, 0.6) is 0 Å². The Balaban J connectivity index is 2.23. The van der Waals surface area contributed by atoms with Crippen LogP contribution in [0.1, 0.15) is 18.5 Å². The molecule has 19 heavy (non-hydrogen) atoms. The zero-order valence-electron chi connectivity index (χ0n) is 10.1. The molecule has 0 spiro atoms. The Morgan fingerprint density at radius 1 is 1.21 bits per heavy atom. The monoisotopic (exact) mass is 405 g/mol. The summed E-state index contributed by atoms with van der Waals surface area (Å²) in [6.07, 6.45) is 0. The molecule has 2 rings (SSSR count). The summed E-state index contributed by atoms with van der Waals surface area (Å²) in [6.45, 7) is 2.01. The number of hydrogen-bond acceptors (Lipinski definition) is 1. The third-order valence-electron chi connectivity index (χ3n) is 2.77. The van der Waals surface area contributed by atoms with Crippen molar-refractivity contribution in [1.82, 2.24) is 0 Å². The van der Waals surface area contributed by atoms with Gasteiger partial charge in [-0.15, -0.1) is 0 Å². The van der Waals surface area contributed by atoms with Crippen LogP contribution in [0.4, 0.5) is 10.1 Å². The average Bonchev–Trinajstić information content (AvgIpc) is 2.38. The Hall–Kier alpha value is -0.580. The van der Waals surface area contributed by atoms with Crippen molar-refractivity contribution in [2.45, 2.75) is 13.0 Å². The molecule has 0 aliphatic heterocycles. The summed E-state index contributed by atoms with van der Waals surface area (Å²) in [5.74, 6) is -0.264. The van der Waals surface area contributed by atoms with Gasteiger partial charge < -0.3 is 5.32 Å². The SMILES string of the molecule is CC(Nc1cccc(Cl)c1Br)c1ccc(F)c(Br)c1. The van der Waals surface area contributed by atoms with Gasteiger partial charge in [0.2, 0.25) is 0 Å². The minimum absolute atomic E-state index is 0.0340. The van der Waals surface area contributed by atoms with E-state index in [0.29, 0.717) is 9.50 Å². The van der Waals surface area contributed by atoms with Crippen molar-refractivity contribution < 1.29 is 4.39 Å². The predicted molar refractivity (Wildman–Crippen MR) is 85.3 cm³/mol. The molecule has 5 heteroatoms. The van der Waals surface area contributed by atoms with Gasteiger partial charge in [0, 0.05) is 6.04 Å². The Labute approximate surface area is 133 Å². The Morgan fingerprint density at radius 3 is 2.63 bits per heavy atom. The van der Waals surface area contributed by atoms with Gasteiger partial charge in [0.15, 0.2) is 0 Å². The molecule has 0 aromatic heterocycles. The van der Waals surface area contributed by atoms with Crippen LogP contribution in [0, 0.1) is 5.82 Å². The van der Waals surface area contributed by atoms with E-state index in [1.165, 1.54) is 6.07 Å². The molecule has 0 heterocycles. The summed E-state index contributed by atoms with van der Waals surface area (Å²) in [5.41, 5.74) is 1.89. The third-order valence-corrected chi connectivity index (χ3v) is 4.77. The standard InChI is InChI=1S/C14H11Br2ClFN/c1-8(9-5-6-12(18)10(15)7-9)19-13-4-2-3-11(17)14(13)16/h2-8,19H,1H3. The maximum absolute atomic E-state index is 13.2. The number of hydrogen-bond donors (Lipinski definition) is 1. The largest absolute Gasteiger partial charge is 0.378 e. The van der Waals surface area contributed by atoms with Crippen LogP contribution in [-0.2, 0) is 0 Å². The van der Waals surface area contributed by atoms with Crippen LogP contribution in [0.25, 0.3) is 0 Å². The summed E-state index contributed by atoms with van der Waals surface area (Å²) in [6, 6.07) is 10.6. The lowest BCUT2D eigenvalue weighted by Gasteiger charge is -2.17. The quantitative estimate of drug-likeness (QED) is 0.641. The topological polar surface area (TPSA) is 12.0 Å². The van der Waals surface area contributed by atoms with Crippen molar-refractivity contribution in [3.8, 4) is 0 Å². The second kappa shape index (κ2) is 6.25. The molecule has 1 N–H and O–H groups in total. The van der Waals surface area contributed by atoms with Gasteiger partial charge >= 0.3 is 0 Å². The molecule has 0 amide bonds. The Bertz CT molecular complexity index is 604. The van der Waals surface area contributed by atoms with Crippen molar-refractivity contribution in [2.24, 2.45) is 0 Å². The van der Waals surface area contributed by atoms with Crippen molar-refractivity contribution >= 4 is 49.1 Å². The van der Waals surface area contributed by atoms with E-state index < -0.39 is 0 Å². The molecule has 100 valence electrons. The lowest BCUT2D eigenvalue weighted by molar-refractivity contribution is 0.619. The average molecular weight is 408 g/mol. The van der Waals surface area contributed by atoms with E-state index in [0.717, 1.165) is 15.7 Å². The summed E-state index contributed by atoms with van der Waals surface area (Å²) in [5, 5.41) is 3.99. The zero-order valence-corrected chi connectivity index (χ0v) is 14.0. The van der Waals surface area contributed by atoms with E-state index in [2.05, 4.69) is 37.2 Å². The fourth-order valence-electron chi connectivity index (χ4n) is 1.71. The van der Waals surface area contributed by atoms with Gasteiger partial charge in [-0.3, -0.25) is 0 Å². The van der Waals surface area contributed by atoms with E-state index in [9.17, 15) is 4.39 Å². The minimum atomic E-state index is -0.264. The van der Waals surface area contributed by atoms with Crippen LogP contribution in [-0.4, -0.2) is 0 Å². The molecular formula is C14H11Br2ClFN. The number of benzene rings is 2. The van der Waals surface area contributed by atoms with Crippen molar-refractivity contribution in [3.05, 3.63) is 61.7 Å². The van der Waals surface area contributed by atoms with Gasteiger partial charge in [-0.2, -0.15) is 0 Å². The fourth-order valence-corrected chi connectivity index (χ4v) is 2.66. The van der Waals surface area contributed by atoms with Gasteiger partial charge in [0.25, 0.3) is 0 Å². The molecule has 0 aliphatic rings. The molecule has 2 aromatic rings. The number of halogens is 4. The molecular weight excluding hydrogens is 396 g/mol. The molecule has 0 saturated carbocycles. The van der Waals surface area contributed by atoms with E-state index in [-0.39, 0.29) is 11.9 Å². The lowest BCUT2D eigenvalue weighted by Crippen LogP contribution is -2.07. The molecule has 1 nitrogen and oxygen atoms in total. The normalized spacial score (nSPS) is 12.3. The molecule has 0 saturated heterocycles. The highest BCUT2D eigenvalue weighted by Gasteiger charge is 2.10. The van der Waals surface area contributed by atoms with E-state index >= 15 is 0 Å².